The minimum atomic E-state index is -0.706. The number of thiocarbonyl (C=S) groups is 1. The van der Waals surface area contributed by atoms with E-state index >= 15 is 0 Å². The molecular formula is C14H17FN2OS. The Kier molecular flexibility index (Phi) is 3.85. The summed E-state index contributed by atoms with van der Waals surface area (Å²) in [6.07, 6.45) is 1.38. The number of hydrogen-bond acceptors (Lipinski definition) is 2. The highest BCUT2D eigenvalue weighted by atomic mass is 32.1. The summed E-state index contributed by atoms with van der Waals surface area (Å²) in [6.45, 7) is 2.35. The van der Waals surface area contributed by atoms with Crippen molar-refractivity contribution in [3.05, 3.63) is 35.6 Å². The van der Waals surface area contributed by atoms with Crippen molar-refractivity contribution in [1.29, 1.82) is 0 Å². The van der Waals surface area contributed by atoms with Gasteiger partial charge >= 0.3 is 0 Å². The molecule has 1 aromatic carbocycles. The van der Waals surface area contributed by atoms with Crippen molar-refractivity contribution in [3.8, 4) is 0 Å². The molecule has 0 radical (unpaired) electrons. The quantitative estimate of drug-likeness (QED) is 0.831. The molecule has 1 aromatic rings. The van der Waals surface area contributed by atoms with Crippen LogP contribution in [-0.4, -0.2) is 10.9 Å². The van der Waals surface area contributed by atoms with E-state index in [0.717, 1.165) is 5.56 Å². The molecule has 3 N–H and O–H groups in total. The summed E-state index contributed by atoms with van der Waals surface area (Å²) in [7, 11) is 0. The van der Waals surface area contributed by atoms with Gasteiger partial charge in [-0.25, -0.2) is 4.39 Å². The van der Waals surface area contributed by atoms with Gasteiger partial charge in [0.05, 0.1) is 10.4 Å². The molecule has 1 saturated carbocycles. The fourth-order valence-electron chi connectivity index (χ4n) is 2.63. The Morgan fingerprint density at radius 2 is 2.26 bits per heavy atom. The molecule has 1 amide bonds. The summed E-state index contributed by atoms with van der Waals surface area (Å²) < 4.78 is 13.0. The molecule has 0 unspecified atom stereocenters. The molecule has 3 nitrogen and oxygen atoms in total. The van der Waals surface area contributed by atoms with Crippen LogP contribution in [0.1, 0.15) is 25.3 Å². The van der Waals surface area contributed by atoms with Gasteiger partial charge in [0, 0.05) is 6.54 Å². The molecule has 102 valence electrons. The number of nitrogens with two attached hydrogens (primary N) is 1. The van der Waals surface area contributed by atoms with Gasteiger partial charge in [0.1, 0.15) is 5.82 Å². The molecule has 1 aliphatic rings. The second-order valence-corrected chi connectivity index (χ2v) is 5.71. The van der Waals surface area contributed by atoms with Crippen LogP contribution in [0.15, 0.2) is 24.3 Å². The zero-order chi connectivity index (χ0) is 14.0. The molecule has 0 heterocycles. The van der Waals surface area contributed by atoms with Crippen LogP contribution >= 0.6 is 12.2 Å². The van der Waals surface area contributed by atoms with E-state index in [1.54, 1.807) is 12.1 Å². The number of amides is 1. The van der Waals surface area contributed by atoms with Crippen LogP contribution in [0, 0.1) is 17.2 Å². The average molecular weight is 280 g/mol. The van der Waals surface area contributed by atoms with Crippen LogP contribution in [0.2, 0.25) is 0 Å². The third kappa shape index (κ3) is 2.76. The largest absolute Gasteiger partial charge is 0.392 e. The average Bonchev–Trinajstić information content (AvgIpc) is 2.31. The number of carbonyl (C=O) groups excluding carboxylic acids is 1. The van der Waals surface area contributed by atoms with Crippen molar-refractivity contribution in [2.75, 3.05) is 0 Å². The maximum absolute atomic E-state index is 13.0. The summed E-state index contributed by atoms with van der Waals surface area (Å²) in [4.78, 5) is 12.5. The Morgan fingerprint density at radius 1 is 1.58 bits per heavy atom. The molecule has 1 aliphatic carbocycles. The topological polar surface area (TPSA) is 55.1 Å². The van der Waals surface area contributed by atoms with Crippen molar-refractivity contribution in [2.45, 2.75) is 26.3 Å². The Bertz CT molecular complexity index is 512. The van der Waals surface area contributed by atoms with Crippen molar-refractivity contribution in [2.24, 2.45) is 17.1 Å². The molecule has 2 rings (SSSR count). The number of nitrogens with one attached hydrogen (secondary N) is 1. The molecule has 0 saturated heterocycles. The summed E-state index contributed by atoms with van der Waals surface area (Å²) in [5, 5.41) is 2.80. The second-order valence-electron chi connectivity index (χ2n) is 5.27. The van der Waals surface area contributed by atoms with Gasteiger partial charge in [-0.05, 0) is 36.5 Å². The van der Waals surface area contributed by atoms with Crippen molar-refractivity contribution in [1.82, 2.24) is 5.32 Å². The van der Waals surface area contributed by atoms with Gasteiger partial charge in [0.2, 0.25) is 5.91 Å². The smallest absolute Gasteiger partial charge is 0.233 e. The fraction of sp³-hybridized carbons (Fsp3) is 0.429. The molecule has 5 heteroatoms. The van der Waals surface area contributed by atoms with Gasteiger partial charge < -0.3 is 11.1 Å². The first kappa shape index (κ1) is 13.9. The number of benzene rings is 1. The maximum Gasteiger partial charge on any atom is 0.233 e. The van der Waals surface area contributed by atoms with Crippen LogP contribution < -0.4 is 11.1 Å². The lowest BCUT2D eigenvalue weighted by Crippen LogP contribution is -2.55. The lowest BCUT2D eigenvalue weighted by Gasteiger charge is -2.44. The molecule has 0 spiro atoms. The first-order chi connectivity index (χ1) is 8.94. The third-order valence-electron chi connectivity index (χ3n) is 3.64. The van der Waals surface area contributed by atoms with E-state index in [2.05, 4.69) is 12.2 Å². The van der Waals surface area contributed by atoms with Gasteiger partial charge in [-0.15, -0.1) is 0 Å². The molecule has 0 bridgehead atoms. The Morgan fingerprint density at radius 3 is 2.79 bits per heavy atom. The van der Waals surface area contributed by atoms with Crippen LogP contribution in [0.3, 0.4) is 0 Å². The molecule has 0 aromatic heterocycles. The maximum atomic E-state index is 13.0. The Labute approximate surface area is 117 Å². The summed E-state index contributed by atoms with van der Waals surface area (Å²) >= 11 is 5.02. The van der Waals surface area contributed by atoms with E-state index < -0.39 is 5.41 Å². The van der Waals surface area contributed by atoms with Crippen LogP contribution in [-0.2, 0) is 11.3 Å². The zero-order valence-electron chi connectivity index (χ0n) is 10.8. The standard InChI is InChI=1S/C14H17FN2OS/c1-9-6-14(7-9,12(16)19)13(18)17-8-10-3-2-4-11(15)5-10/h2-5,9H,6-8H2,1H3,(H2,16,19)(H,17,18). The summed E-state index contributed by atoms with van der Waals surface area (Å²) in [5.74, 6) is -0.00291. The minimum absolute atomic E-state index is 0.151. The van der Waals surface area contributed by atoms with Gasteiger partial charge in [0.25, 0.3) is 0 Å². The van der Waals surface area contributed by atoms with Crippen LogP contribution in [0.5, 0.6) is 0 Å². The molecule has 0 atom stereocenters. The predicted octanol–water partition coefficient (Wildman–Crippen LogP) is 2.14. The van der Waals surface area contributed by atoms with E-state index in [-0.39, 0.29) is 23.3 Å². The lowest BCUT2D eigenvalue weighted by molar-refractivity contribution is -0.133. The summed E-state index contributed by atoms with van der Waals surface area (Å²) in [5.41, 5.74) is 5.71. The summed E-state index contributed by atoms with van der Waals surface area (Å²) in [6, 6.07) is 6.15. The highest BCUT2D eigenvalue weighted by Crippen LogP contribution is 2.45. The van der Waals surface area contributed by atoms with E-state index in [0.29, 0.717) is 18.8 Å². The number of rotatable bonds is 4. The number of hydrogen-bond donors (Lipinski definition) is 2. The van der Waals surface area contributed by atoms with Crippen molar-refractivity contribution < 1.29 is 9.18 Å². The van der Waals surface area contributed by atoms with E-state index in [4.69, 9.17) is 18.0 Å². The SMILES string of the molecule is CC1CC(C(=O)NCc2cccc(F)c2)(C(N)=S)C1. The Hall–Kier alpha value is -1.49. The highest BCUT2D eigenvalue weighted by Gasteiger charge is 2.50. The fourth-order valence-corrected chi connectivity index (χ4v) is 2.89. The number of carbonyl (C=O) groups is 1. The predicted molar refractivity (Wildman–Crippen MR) is 75.9 cm³/mol. The third-order valence-corrected chi connectivity index (χ3v) is 4.03. The number of halogens is 1. The van der Waals surface area contributed by atoms with Crippen molar-refractivity contribution >= 4 is 23.1 Å². The lowest BCUT2D eigenvalue weighted by atomic mass is 9.62. The normalized spacial score (nSPS) is 25.5. The Balaban J connectivity index is 1.99. The van der Waals surface area contributed by atoms with Gasteiger partial charge in [-0.2, -0.15) is 0 Å². The first-order valence-electron chi connectivity index (χ1n) is 6.27. The van der Waals surface area contributed by atoms with Gasteiger partial charge in [-0.1, -0.05) is 31.3 Å². The van der Waals surface area contributed by atoms with Gasteiger partial charge in [0.15, 0.2) is 0 Å². The highest BCUT2D eigenvalue weighted by molar-refractivity contribution is 7.80. The van der Waals surface area contributed by atoms with E-state index in [1.807, 2.05) is 0 Å². The van der Waals surface area contributed by atoms with Gasteiger partial charge in [-0.3, -0.25) is 4.79 Å². The van der Waals surface area contributed by atoms with E-state index in [1.165, 1.54) is 12.1 Å². The zero-order valence-corrected chi connectivity index (χ0v) is 11.6. The van der Waals surface area contributed by atoms with E-state index in [9.17, 15) is 9.18 Å². The molecule has 0 aliphatic heterocycles. The monoisotopic (exact) mass is 280 g/mol. The van der Waals surface area contributed by atoms with Crippen LogP contribution in [0.4, 0.5) is 4.39 Å². The molecule has 1 fully saturated rings. The van der Waals surface area contributed by atoms with Crippen LogP contribution in [0.25, 0.3) is 0 Å². The molecule has 19 heavy (non-hydrogen) atoms. The first-order valence-corrected chi connectivity index (χ1v) is 6.67. The molecular weight excluding hydrogens is 263 g/mol. The van der Waals surface area contributed by atoms with Crippen molar-refractivity contribution in [3.63, 3.8) is 0 Å². The minimum Gasteiger partial charge on any atom is -0.392 e. The second kappa shape index (κ2) is 5.25.